The molecule has 0 saturated carbocycles. The number of nitrogens with zero attached hydrogens (tertiary/aromatic N) is 1. The van der Waals surface area contributed by atoms with Crippen molar-refractivity contribution in [3.8, 4) is 22.6 Å². The molecule has 1 aromatic heterocycles. The van der Waals surface area contributed by atoms with Crippen molar-refractivity contribution in [1.82, 2.24) is 10.3 Å². The largest absolute Gasteiger partial charge is 0.436 e. The summed E-state index contributed by atoms with van der Waals surface area (Å²) in [4.78, 5) is 17.2. The standard InChI is InChI=1S/C29H23N3O2S/c1-18-16-19(2)26-25(17-18)31-28(34-26)23-12-14-24(15-13-23)30-29(35)32-27(33)22-10-8-21(9-11-22)20-6-4-3-5-7-20/h3-17H,1-2H3,(H2,30,32,33,35). The lowest BCUT2D eigenvalue weighted by Crippen LogP contribution is -2.34. The number of rotatable bonds is 4. The van der Waals surface area contributed by atoms with Crippen LogP contribution in [0, 0.1) is 13.8 Å². The van der Waals surface area contributed by atoms with E-state index in [9.17, 15) is 4.79 Å². The third-order valence-electron chi connectivity index (χ3n) is 5.69. The highest BCUT2D eigenvalue weighted by Crippen LogP contribution is 2.28. The normalized spacial score (nSPS) is 10.8. The zero-order valence-corrected chi connectivity index (χ0v) is 20.1. The van der Waals surface area contributed by atoms with Crippen LogP contribution >= 0.6 is 12.2 Å². The fourth-order valence-corrected chi connectivity index (χ4v) is 4.19. The van der Waals surface area contributed by atoms with E-state index in [0.717, 1.165) is 44.6 Å². The molecular formula is C29H23N3O2S. The van der Waals surface area contributed by atoms with E-state index in [0.29, 0.717) is 11.5 Å². The highest BCUT2D eigenvalue weighted by atomic mass is 32.1. The number of aryl methyl sites for hydroxylation is 2. The third-order valence-corrected chi connectivity index (χ3v) is 5.90. The average molecular weight is 478 g/mol. The molecule has 0 saturated heterocycles. The first-order valence-electron chi connectivity index (χ1n) is 11.2. The molecule has 5 rings (SSSR count). The molecule has 1 heterocycles. The van der Waals surface area contributed by atoms with Crippen molar-refractivity contribution >= 4 is 40.0 Å². The van der Waals surface area contributed by atoms with Gasteiger partial charge in [-0.3, -0.25) is 10.1 Å². The SMILES string of the molecule is Cc1cc(C)c2oc(-c3ccc(NC(=S)NC(=O)c4ccc(-c5ccccc5)cc4)cc3)nc2c1. The summed E-state index contributed by atoms with van der Waals surface area (Å²) in [5.41, 5.74) is 8.15. The Hall–Kier alpha value is -4.29. The maximum absolute atomic E-state index is 12.6. The molecule has 0 unspecified atom stereocenters. The minimum atomic E-state index is -0.268. The molecule has 0 aliphatic carbocycles. The van der Waals surface area contributed by atoms with Crippen LogP contribution in [0.3, 0.4) is 0 Å². The van der Waals surface area contributed by atoms with Gasteiger partial charge < -0.3 is 9.73 Å². The summed E-state index contributed by atoms with van der Waals surface area (Å²) in [5, 5.41) is 6.00. The Morgan fingerprint density at radius 1 is 0.829 bits per heavy atom. The van der Waals surface area contributed by atoms with E-state index < -0.39 is 0 Å². The summed E-state index contributed by atoms with van der Waals surface area (Å²) < 4.78 is 5.98. The van der Waals surface area contributed by atoms with Crippen LogP contribution in [0.2, 0.25) is 0 Å². The topological polar surface area (TPSA) is 67.2 Å². The van der Waals surface area contributed by atoms with Crippen molar-refractivity contribution in [2.75, 3.05) is 5.32 Å². The number of thiocarbonyl (C=S) groups is 1. The predicted molar refractivity (Wildman–Crippen MR) is 144 cm³/mol. The number of benzene rings is 4. The number of nitrogens with one attached hydrogen (secondary N) is 2. The van der Waals surface area contributed by atoms with E-state index in [-0.39, 0.29) is 11.0 Å². The number of aromatic nitrogens is 1. The van der Waals surface area contributed by atoms with E-state index in [4.69, 9.17) is 16.6 Å². The van der Waals surface area contributed by atoms with Gasteiger partial charge in [0.1, 0.15) is 5.52 Å². The zero-order valence-electron chi connectivity index (χ0n) is 19.3. The minimum Gasteiger partial charge on any atom is -0.436 e. The van der Waals surface area contributed by atoms with Crippen molar-refractivity contribution in [3.63, 3.8) is 0 Å². The number of carbonyl (C=O) groups excluding carboxylic acids is 1. The fourth-order valence-electron chi connectivity index (χ4n) is 3.98. The summed E-state index contributed by atoms with van der Waals surface area (Å²) in [7, 11) is 0. The van der Waals surface area contributed by atoms with Gasteiger partial charge in [0.15, 0.2) is 10.7 Å². The lowest BCUT2D eigenvalue weighted by molar-refractivity contribution is 0.0977. The Morgan fingerprint density at radius 2 is 1.49 bits per heavy atom. The highest BCUT2D eigenvalue weighted by Gasteiger charge is 2.12. The monoisotopic (exact) mass is 477 g/mol. The predicted octanol–water partition coefficient (Wildman–Crippen LogP) is 6.91. The average Bonchev–Trinajstić information content (AvgIpc) is 3.29. The maximum Gasteiger partial charge on any atom is 0.257 e. The first-order chi connectivity index (χ1) is 17.0. The Bertz CT molecular complexity index is 1520. The molecule has 172 valence electrons. The Kier molecular flexibility index (Phi) is 6.12. The second kappa shape index (κ2) is 9.52. The van der Waals surface area contributed by atoms with Gasteiger partial charge in [-0.2, -0.15) is 0 Å². The van der Waals surface area contributed by atoms with Gasteiger partial charge in [-0.15, -0.1) is 0 Å². The molecule has 2 N–H and O–H groups in total. The van der Waals surface area contributed by atoms with Gasteiger partial charge in [0.05, 0.1) is 0 Å². The zero-order chi connectivity index (χ0) is 24.4. The van der Waals surface area contributed by atoms with Gasteiger partial charge in [-0.25, -0.2) is 4.98 Å². The lowest BCUT2D eigenvalue weighted by Gasteiger charge is -2.10. The Labute approximate surface area is 208 Å². The van der Waals surface area contributed by atoms with Crippen LogP contribution in [0.1, 0.15) is 21.5 Å². The highest BCUT2D eigenvalue weighted by molar-refractivity contribution is 7.80. The van der Waals surface area contributed by atoms with Crippen LogP contribution in [0.5, 0.6) is 0 Å². The molecule has 0 radical (unpaired) electrons. The van der Waals surface area contributed by atoms with Gasteiger partial charge >= 0.3 is 0 Å². The molecule has 1 amide bonds. The van der Waals surface area contributed by atoms with Crippen molar-refractivity contribution in [3.05, 3.63) is 108 Å². The van der Waals surface area contributed by atoms with E-state index in [1.807, 2.05) is 86.6 Å². The molecule has 0 atom stereocenters. The lowest BCUT2D eigenvalue weighted by atomic mass is 10.0. The van der Waals surface area contributed by atoms with Crippen molar-refractivity contribution in [1.29, 1.82) is 0 Å². The first kappa shape index (κ1) is 22.5. The molecular weight excluding hydrogens is 454 g/mol. The van der Waals surface area contributed by atoms with Gasteiger partial charge in [-0.1, -0.05) is 48.5 Å². The van der Waals surface area contributed by atoms with E-state index in [1.54, 1.807) is 12.1 Å². The number of carbonyl (C=O) groups is 1. The fraction of sp³-hybridized carbons (Fsp3) is 0.0690. The molecule has 4 aromatic carbocycles. The van der Waals surface area contributed by atoms with Gasteiger partial charge in [0.25, 0.3) is 5.91 Å². The van der Waals surface area contributed by atoms with E-state index in [1.165, 1.54) is 0 Å². The summed E-state index contributed by atoms with van der Waals surface area (Å²) in [6.45, 7) is 4.06. The quantitative estimate of drug-likeness (QED) is 0.276. The number of amides is 1. The number of oxazole rings is 1. The molecule has 0 aliphatic heterocycles. The molecule has 0 spiro atoms. The number of hydrogen-bond acceptors (Lipinski definition) is 4. The molecule has 6 heteroatoms. The van der Waals surface area contributed by atoms with Crippen LogP contribution in [0.25, 0.3) is 33.7 Å². The van der Waals surface area contributed by atoms with Crippen LogP contribution in [-0.4, -0.2) is 16.0 Å². The third kappa shape index (κ3) is 4.98. The van der Waals surface area contributed by atoms with Crippen molar-refractivity contribution < 1.29 is 9.21 Å². The van der Waals surface area contributed by atoms with Crippen molar-refractivity contribution in [2.45, 2.75) is 13.8 Å². The summed E-state index contributed by atoms with van der Waals surface area (Å²) in [6.07, 6.45) is 0. The Morgan fingerprint density at radius 3 is 2.20 bits per heavy atom. The van der Waals surface area contributed by atoms with Crippen molar-refractivity contribution in [2.24, 2.45) is 0 Å². The molecule has 0 aliphatic rings. The summed E-state index contributed by atoms with van der Waals surface area (Å²) >= 11 is 5.34. The first-order valence-corrected chi connectivity index (χ1v) is 11.6. The Balaban J connectivity index is 1.22. The molecule has 0 fully saturated rings. The second-order valence-electron chi connectivity index (χ2n) is 8.38. The van der Waals surface area contributed by atoms with Crippen LogP contribution in [0.4, 0.5) is 5.69 Å². The number of fused-ring (bicyclic) bond motifs is 1. The number of hydrogen-bond donors (Lipinski definition) is 2. The smallest absolute Gasteiger partial charge is 0.257 e. The van der Waals surface area contributed by atoms with Gasteiger partial charge in [-0.05, 0) is 90.8 Å². The van der Waals surface area contributed by atoms with Crippen LogP contribution < -0.4 is 10.6 Å². The summed E-state index contributed by atoms with van der Waals surface area (Å²) in [5.74, 6) is 0.297. The van der Waals surface area contributed by atoms with Gasteiger partial charge in [0.2, 0.25) is 5.89 Å². The maximum atomic E-state index is 12.6. The van der Waals surface area contributed by atoms with E-state index in [2.05, 4.69) is 21.7 Å². The molecule has 5 nitrogen and oxygen atoms in total. The molecule has 5 aromatic rings. The van der Waals surface area contributed by atoms with Gasteiger partial charge in [0, 0.05) is 16.8 Å². The summed E-state index contributed by atoms with van der Waals surface area (Å²) in [6, 6.07) is 29.1. The molecule has 35 heavy (non-hydrogen) atoms. The molecule has 0 bridgehead atoms. The minimum absolute atomic E-state index is 0.225. The van der Waals surface area contributed by atoms with Crippen LogP contribution in [0.15, 0.2) is 95.4 Å². The van der Waals surface area contributed by atoms with Crippen LogP contribution in [-0.2, 0) is 0 Å². The van der Waals surface area contributed by atoms with E-state index >= 15 is 0 Å². The number of anilines is 1. The second-order valence-corrected chi connectivity index (χ2v) is 8.79.